The van der Waals surface area contributed by atoms with Crippen LogP contribution >= 0.6 is 34.7 Å². The zero-order valence-electron chi connectivity index (χ0n) is 16.0. The smallest absolute Gasteiger partial charge is 0.210 e. The summed E-state index contributed by atoms with van der Waals surface area (Å²) in [5.74, 6) is 8.95. The number of rotatable bonds is 8. The maximum Gasteiger partial charge on any atom is 0.210 e. The molecule has 2 aromatic carbocycles. The fourth-order valence-corrected chi connectivity index (χ4v) is 4.29. The molecule has 0 aliphatic rings. The average Bonchev–Trinajstić information content (AvgIpc) is 3.38. The normalized spacial score (nSPS) is 10.9. The van der Waals surface area contributed by atoms with E-state index < -0.39 is 0 Å². The van der Waals surface area contributed by atoms with Gasteiger partial charge in [-0.2, -0.15) is 0 Å². The second kappa shape index (κ2) is 9.38. The first-order valence-electron chi connectivity index (χ1n) is 8.92. The van der Waals surface area contributed by atoms with E-state index >= 15 is 0 Å². The molecule has 0 bridgehead atoms. The first-order valence-corrected chi connectivity index (χ1v) is 11.2. The van der Waals surface area contributed by atoms with Gasteiger partial charge in [0.25, 0.3) is 0 Å². The maximum atomic E-state index is 6.19. The number of ether oxygens (including phenoxy) is 2. The van der Waals surface area contributed by atoms with Gasteiger partial charge in [-0.1, -0.05) is 23.4 Å². The fraction of sp³-hybridized carbons (Fsp3) is 0.150. The van der Waals surface area contributed by atoms with E-state index in [9.17, 15) is 0 Å². The van der Waals surface area contributed by atoms with Crippen molar-refractivity contribution in [1.82, 2.24) is 19.9 Å². The van der Waals surface area contributed by atoms with Crippen LogP contribution in [0.3, 0.4) is 0 Å². The van der Waals surface area contributed by atoms with E-state index in [4.69, 9.17) is 26.9 Å². The molecule has 0 radical (unpaired) electrons. The van der Waals surface area contributed by atoms with E-state index in [0.717, 1.165) is 27.8 Å². The van der Waals surface area contributed by atoms with Gasteiger partial charge in [0, 0.05) is 21.7 Å². The molecule has 0 fully saturated rings. The highest BCUT2D eigenvalue weighted by Crippen LogP contribution is 2.26. The molecule has 4 aromatic rings. The van der Waals surface area contributed by atoms with E-state index in [1.807, 2.05) is 41.8 Å². The van der Waals surface area contributed by atoms with Crippen molar-refractivity contribution in [1.29, 1.82) is 0 Å². The van der Waals surface area contributed by atoms with E-state index in [1.165, 1.54) is 16.4 Å². The number of aromatic nitrogens is 4. The predicted molar refractivity (Wildman–Crippen MR) is 120 cm³/mol. The minimum absolute atomic E-state index is 0.408. The van der Waals surface area contributed by atoms with E-state index in [1.54, 1.807) is 30.6 Å². The van der Waals surface area contributed by atoms with Crippen LogP contribution < -0.4 is 15.3 Å². The van der Waals surface area contributed by atoms with Gasteiger partial charge in [-0.05, 0) is 48.5 Å². The Hall–Kier alpha value is -2.75. The highest BCUT2D eigenvalue weighted by Gasteiger charge is 2.13. The van der Waals surface area contributed by atoms with Gasteiger partial charge in [0.1, 0.15) is 23.1 Å². The van der Waals surface area contributed by atoms with Crippen molar-refractivity contribution in [3.63, 3.8) is 0 Å². The molecule has 4 rings (SSSR count). The fourth-order valence-electron chi connectivity index (χ4n) is 2.61. The first kappa shape index (κ1) is 20.5. The second-order valence-electron chi connectivity index (χ2n) is 6.17. The molecule has 7 nitrogen and oxygen atoms in total. The van der Waals surface area contributed by atoms with Crippen molar-refractivity contribution in [2.24, 2.45) is 0 Å². The maximum absolute atomic E-state index is 6.19. The van der Waals surface area contributed by atoms with E-state index in [-0.39, 0.29) is 0 Å². The summed E-state index contributed by atoms with van der Waals surface area (Å²) in [5, 5.41) is 12.6. The molecule has 0 amide bonds. The Labute approximate surface area is 186 Å². The molecule has 2 N–H and O–H groups in total. The Morgan fingerprint density at radius 3 is 2.53 bits per heavy atom. The standard InChI is InChI=1S/C20H18ClN5O2S2/c1-27-16-6-2-13(3-7-16)19-24-25-20(26(19)22)30-12-15-11-29-18(23-15)10-28-17-8-4-14(21)5-9-17/h2-9,11H,10,12,22H2,1H3. The number of hydrogen-bond acceptors (Lipinski definition) is 8. The number of thiazole rings is 1. The van der Waals surface area contributed by atoms with Crippen LogP contribution in [0.15, 0.2) is 59.1 Å². The molecule has 2 aromatic heterocycles. The summed E-state index contributed by atoms with van der Waals surface area (Å²) >= 11 is 8.92. The van der Waals surface area contributed by atoms with E-state index in [0.29, 0.717) is 28.4 Å². The van der Waals surface area contributed by atoms with Gasteiger partial charge in [-0.3, -0.25) is 0 Å². The molecule has 0 aliphatic heterocycles. The van der Waals surface area contributed by atoms with Gasteiger partial charge in [-0.25, -0.2) is 9.66 Å². The van der Waals surface area contributed by atoms with Crippen LogP contribution in [-0.4, -0.2) is 27.0 Å². The number of hydrogen-bond donors (Lipinski definition) is 1. The summed E-state index contributed by atoms with van der Waals surface area (Å²) in [6.07, 6.45) is 0. The van der Waals surface area contributed by atoms with Crippen LogP contribution in [-0.2, 0) is 12.4 Å². The molecule has 0 atom stereocenters. The summed E-state index contributed by atoms with van der Waals surface area (Å²) in [6, 6.07) is 14.8. The molecule has 154 valence electrons. The van der Waals surface area contributed by atoms with Crippen molar-refractivity contribution in [3.05, 3.63) is 69.6 Å². The molecule has 30 heavy (non-hydrogen) atoms. The van der Waals surface area contributed by atoms with Crippen LogP contribution in [0.1, 0.15) is 10.7 Å². The molecule has 0 spiro atoms. The molecule has 10 heteroatoms. The minimum Gasteiger partial charge on any atom is -0.497 e. The van der Waals surface area contributed by atoms with Gasteiger partial charge in [0.2, 0.25) is 5.16 Å². The Balaban J connectivity index is 1.35. The molecule has 0 saturated carbocycles. The summed E-state index contributed by atoms with van der Waals surface area (Å²) in [4.78, 5) is 4.61. The number of benzene rings is 2. The topological polar surface area (TPSA) is 88.1 Å². The lowest BCUT2D eigenvalue weighted by Gasteiger charge is -2.04. The number of nitrogens with zero attached hydrogens (tertiary/aromatic N) is 4. The largest absolute Gasteiger partial charge is 0.497 e. The highest BCUT2D eigenvalue weighted by molar-refractivity contribution is 7.98. The summed E-state index contributed by atoms with van der Waals surface area (Å²) < 4.78 is 12.4. The number of nitrogen functional groups attached to an aromatic ring is 1. The quantitative estimate of drug-likeness (QED) is 0.303. The lowest BCUT2D eigenvalue weighted by molar-refractivity contribution is 0.305. The second-order valence-corrected chi connectivity index (χ2v) is 8.49. The van der Waals surface area contributed by atoms with Crippen molar-refractivity contribution in [3.8, 4) is 22.9 Å². The van der Waals surface area contributed by atoms with Crippen LogP contribution in [0.2, 0.25) is 5.02 Å². The van der Waals surface area contributed by atoms with Crippen molar-refractivity contribution < 1.29 is 9.47 Å². The van der Waals surface area contributed by atoms with Gasteiger partial charge >= 0.3 is 0 Å². The molecule has 2 heterocycles. The SMILES string of the molecule is COc1ccc(-c2nnc(SCc3csc(COc4ccc(Cl)cc4)n3)n2N)cc1. The van der Waals surface area contributed by atoms with Crippen molar-refractivity contribution >= 4 is 34.7 Å². The lowest BCUT2D eigenvalue weighted by atomic mass is 10.2. The number of methoxy groups -OCH3 is 1. The van der Waals surface area contributed by atoms with Gasteiger partial charge in [0.05, 0.1) is 12.8 Å². The summed E-state index contributed by atoms with van der Waals surface area (Å²) in [7, 11) is 1.63. The zero-order chi connectivity index (χ0) is 20.9. The number of halogens is 1. The Kier molecular flexibility index (Phi) is 6.41. The van der Waals surface area contributed by atoms with Crippen LogP contribution in [0.25, 0.3) is 11.4 Å². The number of nitrogens with two attached hydrogens (primary N) is 1. The number of thioether (sulfide) groups is 1. The highest BCUT2D eigenvalue weighted by atomic mass is 35.5. The van der Waals surface area contributed by atoms with Crippen molar-refractivity contribution in [2.45, 2.75) is 17.5 Å². The molecular weight excluding hydrogens is 442 g/mol. The third kappa shape index (κ3) is 4.86. The van der Waals surface area contributed by atoms with Crippen molar-refractivity contribution in [2.75, 3.05) is 13.0 Å². The monoisotopic (exact) mass is 459 g/mol. The minimum atomic E-state index is 0.408. The lowest BCUT2D eigenvalue weighted by Crippen LogP contribution is -2.11. The van der Waals surface area contributed by atoms with Crippen LogP contribution in [0.4, 0.5) is 0 Å². The summed E-state index contributed by atoms with van der Waals surface area (Å²) in [5.41, 5.74) is 1.81. The summed E-state index contributed by atoms with van der Waals surface area (Å²) in [6.45, 7) is 0.408. The van der Waals surface area contributed by atoms with Gasteiger partial charge < -0.3 is 15.3 Å². The Morgan fingerprint density at radius 2 is 1.80 bits per heavy atom. The van der Waals surface area contributed by atoms with Crippen LogP contribution in [0.5, 0.6) is 11.5 Å². The van der Waals surface area contributed by atoms with Gasteiger partial charge in [-0.15, -0.1) is 21.5 Å². The molecular formula is C20H18ClN5O2S2. The Morgan fingerprint density at radius 1 is 1.07 bits per heavy atom. The molecule has 0 saturated heterocycles. The van der Waals surface area contributed by atoms with E-state index in [2.05, 4.69) is 15.2 Å². The zero-order valence-corrected chi connectivity index (χ0v) is 18.4. The first-order chi connectivity index (χ1) is 14.6. The predicted octanol–water partition coefficient (Wildman–Crippen LogP) is 4.65. The van der Waals surface area contributed by atoms with Gasteiger partial charge in [0.15, 0.2) is 5.82 Å². The average molecular weight is 460 g/mol. The third-order valence-corrected chi connectivity index (χ3v) is 6.24. The van der Waals surface area contributed by atoms with Crippen LogP contribution in [0, 0.1) is 0 Å². The third-order valence-electron chi connectivity index (χ3n) is 4.14. The molecule has 0 unspecified atom stereocenters. The molecule has 0 aliphatic carbocycles. The Bertz CT molecular complexity index is 1110.